The Balaban J connectivity index is 3.10. The standard InChI is InChI=1S/C5H10N2OS/c1-4(2)3-9-7-5(6)8/h1,3H2,2H3,(H3,6,7,8). The van der Waals surface area contributed by atoms with Crippen molar-refractivity contribution in [2.45, 2.75) is 6.92 Å². The van der Waals surface area contributed by atoms with Crippen LogP contribution in [0.1, 0.15) is 6.92 Å². The molecule has 0 aliphatic rings. The third kappa shape index (κ3) is 7.36. The summed E-state index contributed by atoms with van der Waals surface area (Å²) in [7, 11) is 0. The van der Waals surface area contributed by atoms with E-state index in [2.05, 4.69) is 11.3 Å². The Kier molecular flexibility index (Phi) is 3.96. The highest BCUT2D eigenvalue weighted by molar-refractivity contribution is 7.98. The number of primary amides is 1. The molecule has 0 aliphatic carbocycles. The molecule has 3 nitrogen and oxygen atoms in total. The number of hydrogen-bond donors (Lipinski definition) is 2. The summed E-state index contributed by atoms with van der Waals surface area (Å²) in [6.45, 7) is 5.52. The van der Waals surface area contributed by atoms with Gasteiger partial charge in [0.1, 0.15) is 0 Å². The van der Waals surface area contributed by atoms with Gasteiger partial charge in [-0.05, 0) is 18.9 Å². The fraction of sp³-hybridized carbons (Fsp3) is 0.400. The molecule has 52 valence electrons. The van der Waals surface area contributed by atoms with Gasteiger partial charge in [0.2, 0.25) is 0 Å². The second-order valence-corrected chi connectivity index (χ2v) is 2.49. The number of nitrogens with one attached hydrogen (secondary N) is 1. The van der Waals surface area contributed by atoms with Crippen molar-refractivity contribution < 1.29 is 4.79 Å². The number of carbonyl (C=O) groups is 1. The van der Waals surface area contributed by atoms with Crippen LogP contribution < -0.4 is 10.5 Å². The maximum Gasteiger partial charge on any atom is 0.322 e. The molecule has 0 atom stereocenters. The van der Waals surface area contributed by atoms with Crippen molar-refractivity contribution in [3.63, 3.8) is 0 Å². The number of urea groups is 1. The maximum absolute atomic E-state index is 10.0. The molecule has 0 aromatic rings. The Morgan fingerprint density at radius 2 is 2.44 bits per heavy atom. The van der Waals surface area contributed by atoms with E-state index >= 15 is 0 Å². The van der Waals surface area contributed by atoms with Crippen molar-refractivity contribution in [3.05, 3.63) is 12.2 Å². The highest BCUT2D eigenvalue weighted by Gasteiger charge is 1.90. The molecule has 4 heteroatoms. The molecule has 2 amide bonds. The minimum atomic E-state index is -0.513. The molecular weight excluding hydrogens is 136 g/mol. The second kappa shape index (κ2) is 4.26. The molecule has 0 aromatic carbocycles. The van der Waals surface area contributed by atoms with Crippen LogP contribution in [0.2, 0.25) is 0 Å². The van der Waals surface area contributed by atoms with E-state index in [-0.39, 0.29) is 0 Å². The first kappa shape index (κ1) is 8.36. The van der Waals surface area contributed by atoms with Crippen LogP contribution in [0.3, 0.4) is 0 Å². The molecule has 0 aliphatic heterocycles. The zero-order valence-electron chi connectivity index (χ0n) is 5.31. The summed E-state index contributed by atoms with van der Waals surface area (Å²) in [5.41, 5.74) is 5.79. The number of carbonyl (C=O) groups excluding carboxylic acids is 1. The van der Waals surface area contributed by atoms with E-state index in [0.717, 1.165) is 5.57 Å². The average molecular weight is 146 g/mol. The van der Waals surface area contributed by atoms with Crippen molar-refractivity contribution in [2.75, 3.05) is 5.75 Å². The van der Waals surface area contributed by atoms with Crippen molar-refractivity contribution in [1.82, 2.24) is 4.72 Å². The van der Waals surface area contributed by atoms with E-state index in [0.29, 0.717) is 5.75 Å². The van der Waals surface area contributed by atoms with Crippen LogP contribution in [-0.4, -0.2) is 11.8 Å². The Labute approximate surface area is 58.8 Å². The molecule has 0 unspecified atom stereocenters. The summed E-state index contributed by atoms with van der Waals surface area (Å²) in [6, 6.07) is -0.513. The quantitative estimate of drug-likeness (QED) is 0.458. The van der Waals surface area contributed by atoms with Crippen molar-refractivity contribution in [2.24, 2.45) is 5.73 Å². The zero-order chi connectivity index (χ0) is 7.28. The van der Waals surface area contributed by atoms with Gasteiger partial charge in [0.05, 0.1) is 0 Å². The van der Waals surface area contributed by atoms with Crippen molar-refractivity contribution in [1.29, 1.82) is 0 Å². The van der Waals surface area contributed by atoms with Crippen molar-refractivity contribution in [3.8, 4) is 0 Å². The van der Waals surface area contributed by atoms with E-state index in [1.165, 1.54) is 11.9 Å². The highest BCUT2D eigenvalue weighted by Crippen LogP contribution is 1.98. The van der Waals surface area contributed by atoms with E-state index in [1.54, 1.807) is 0 Å². The van der Waals surface area contributed by atoms with Gasteiger partial charge < -0.3 is 5.73 Å². The van der Waals surface area contributed by atoms with E-state index in [9.17, 15) is 4.79 Å². The Bertz CT molecular complexity index is 110. The molecule has 0 fully saturated rings. The second-order valence-electron chi connectivity index (χ2n) is 1.71. The van der Waals surface area contributed by atoms with Gasteiger partial charge in [-0.25, -0.2) is 4.79 Å². The van der Waals surface area contributed by atoms with Gasteiger partial charge in [0, 0.05) is 5.75 Å². The molecule has 0 saturated carbocycles. The first-order chi connectivity index (χ1) is 4.13. The van der Waals surface area contributed by atoms with Crippen LogP contribution in [0.25, 0.3) is 0 Å². The molecule has 0 radical (unpaired) electrons. The third-order valence-corrected chi connectivity index (χ3v) is 1.47. The van der Waals surface area contributed by atoms with Crippen LogP contribution >= 0.6 is 11.9 Å². The molecule has 0 heterocycles. The smallest absolute Gasteiger partial charge is 0.322 e. The average Bonchev–Trinajstić information content (AvgIpc) is 1.63. The number of hydrogen-bond acceptors (Lipinski definition) is 2. The van der Waals surface area contributed by atoms with Gasteiger partial charge in [0.25, 0.3) is 0 Å². The predicted molar refractivity (Wildman–Crippen MR) is 40.0 cm³/mol. The van der Waals surface area contributed by atoms with E-state index in [4.69, 9.17) is 5.73 Å². The lowest BCUT2D eigenvalue weighted by atomic mass is 10.4. The van der Waals surface area contributed by atoms with Gasteiger partial charge in [-0.2, -0.15) is 0 Å². The fourth-order valence-corrected chi connectivity index (χ4v) is 0.691. The summed E-state index contributed by atoms with van der Waals surface area (Å²) >= 11 is 1.25. The summed E-state index contributed by atoms with van der Waals surface area (Å²) in [4.78, 5) is 10.0. The summed E-state index contributed by atoms with van der Waals surface area (Å²) in [5, 5.41) is 0. The molecule has 0 saturated heterocycles. The molecular formula is C5H10N2OS. The molecule has 3 N–H and O–H groups in total. The first-order valence-electron chi connectivity index (χ1n) is 2.44. The SMILES string of the molecule is C=C(C)CSNC(N)=O. The van der Waals surface area contributed by atoms with Crippen LogP contribution in [0.15, 0.2) is 12.2 Å². The summed E-state index contributed by atoms with van der Waals surface area (Å²) < 4.78 is 2.37. The number of amides is 2. The van der Waals surface area contributed by atoms with Gasteiger partial charge in [0.15, 0.2) is 0 Å². The lowest BCUT2D eigenvalue weighted by Gasteiger charge is -1.97. The molecule has 0 spiro atoms. The van der Waals surface area contributed by atoms with Crippen LogP contribution in [-0.2, 0) is 0 Å². The lowest BCUT2D eigenvalue weighted by Crippen LogP contribution is -2.23. The summed E-state index contributed by atoms with van der Waals surface area (Å²) in [5.74, 6) is 0.711. The zero-order valence-corrected chi connectivity index (χ0v) is 6.12. The van der Waals surface area contributed by atoms with Gasteiger partial charge in [-0.15, -0.1) is 0 Å². The van der Waals surface area contributed by atoms with E-state index < -0.39 is 6.03 Å². The number of rotatable bonds is 3. The minimum Gasteiger partial charge on any atom is -0.351 e. The monoisotopic (exact) mass is 146 g/mol. The molecule has 0 rings (SSSR count). The predicted octanol–water partition coefficient (Wildman–Crippen LogP) is 0.879. The summed E-state index contributed by atoms with van der Waals surface area (Å²) in [6.07, 6.45) is 0. The molecule has 9 heavy (non-hydrogen) atoms. The Morgan fingerprint density at radius 1 is 1.89 bits per heavy atom. The van der Waals surface area contributed by atoms with Gasteiger partial charge in [-0.3, -0.25) is 4.72 Å². The lowest BCUT2D eigenvalue weighted by molar-refractivity contribution is 0.254. The van der Waals surface area contributed by atoms with Crippen LogP contribution in [0.4, 0.5) is 4.79 Å². The third-order valence-electron chi connectivity index (χ3n) is 0.491. The van der Waals surface area contributed by atoms with E-state index in [1.807, 2.05) is 6.92 Å². The minimum absolute atomic E-state index is 0.513. The topological polar surface area (TPSA) is 55.1 Å². The number of nitrogens with two attached hydrogens (primary N) is 1. The van der Waals surface area contributed by atoms with Gasteiger partial charge >= 0.3 is 6.03 Å². The first-order valence-corrected chi connectivity index (χ1v) is 3.43. The molecule has 0 aromatic heterocycles. The molecule has 0 bridgehead atoms. The van der Waals surface area contributed by atoms with Gasteiger partial charge in [-0.1, -0.05) is 12.2 Å². The van der Waals surface area contributed by atoms with Crippen LogP contribution in [0, 0.1) is 0 Å². The fourth-order valence-electron chi connectivity index (χ4n) is 0.230. The Hall–Kier alpha value is -0.640. The van der Waals surface area contributed by atoms with Crippen molar-refractivity contribution >= 4 is 18.0 Å². The highest BCUT2D eigenvalue weighted by atomic mass is 32.2. The normalized spacial score (nSPS) is 8.56. The Morgan fingerprint density at radius 3 is 2.78 bits per heavy atom. The maximum atomic E-state index is 10.0. The largest absolute Gasteiger partial charge is 0.351 e. The van der Waals surface area contributed by atoms with Crippen LogP contribution in [0.5, 0.6) is 0 Å².